The van der Waals surface area contributed by atoms with Crippen LogP contribution in [0.15, 0.2) is 65.9 Å². The van der Waals surface area contributed by atoms with E-state index < -0.39 is 0 Å². The first-order chi connectivity index (χ1) is 8.29. The fourth-order valence-corrected chi connectivity index (χ4v) is 1.95. The molecule has 0 aliphatic carbocycles. The summed E-state index contributed by atoms with van der Waals surface area (Å²) in [6.07, 6.45) is 9.49. The fourth-order valence-electron chi connectivity index (χ4n) is 1.95. The highest BCUT2D eigenvalue weighted by Crippen LogP contribution is 2.32. The van der Waals surface area contributed by atoms with Gasteiger partial charge in [-0.25, -0.2) is 0 Å². The lowest BCUT2D eigenvalue weighted by Crippen LogP contribution is -2.20. The highest BCUT2D eigenvalue weighted by molar-refractivity contribution is 5.65. The summed E-state index contributed by atoms with van der Waals surface area (Å²) in [7, 11) is 0. The molecule has 0 bridgehead atoms. The molecule has 2 heteroatoms. The first-order valence-electron chi connectivity index (χ1n) is 5.73. The topological polar surface area (TPSA) is 24.7 Å². The van der Waals surface area contributed by atoms with Crippen LogP contribution in [0.1, 0.15) is 18.4 Å². The van der Waals surface area contributed by atoms with Crippen molar-refractivity contribution in [3.63, 3.8) is 0 Å². The first kappa shape index (κ1) is 11.5. The van der Waals surface area contributed by atoms with Gasteiger partial charge in [-0.2, -0.15) is 10.2 Å². The van der Waals surface area contributed by atoms with Gasteiger partial charge in [-0.3, -0.25) is 0 Å². The Bertz CT molecular complexity index is 438. The largest absolute Gasteiger partial charge is 0.177 e. The standard InChI is InChI=1S/C15H16N2/c1-3-10-15(11-4-2)12-9-13-7-5-6-8-14(13)16-17-15/h3-9,12H,1-2,10-11H2. The van der Waals surface area contributed by atoms with Crippen LogP contribution >= 0.6 is 0 Å². The van der Waals surface area contributed by atoms with E-state index in [0.717, 1.165) is 24.1 Å². The SMILES string of the molecule is C=CCC1(CC=C)C=Cc2ccccc2N=N1. The van der Waals surface area contributed by atoms with Crippen LogP contribution in [0.3, 0.4) is 0 Å². The molecule has 1 aromatic rings. The van der Waals surface area contributed by atoms with E-state index >= 15 is 0 Å². The summed E-state index contributed by atoms with van der Waals surface area (Å²) >= 11 is 0. The van der Waals surface area contributed by atoms with Gasteiger partial charge in [0.05, 0.1) is 5.69 Å². The zero-order chi connectivity index (χ0) is 12.1. The summed E-state index contributed by atoms with van der Waals surface area (Å²) in [5.74, 6) is 0. The molecule has 1 aliphatic heterocycles. The van der Waals surface area contributed by atoms with Gasteiger partial charge in [0, 0.05) is 5.56 Å². The summed E-state index contributed by atoms with van der Waals surface area (Å²) in [6, 6.07) is 8.00. The summed E-state index contributed by atoms with van der Waals surface area (Å²) < 4.78 is 0. The van der Waals surface area contributed by atoms with E-state index in [9.17, 15) is 0 Å². The van der Waals surface area contributed by atoms with E-state index in [2.05, 4.69) is 35.5 Å². The van der Waals surface area contributed by atoms with Crippen molar-refractivity contribution in [1.29, 1.82) is 0 Å². The lowest BCUT2D eigenvalue weighted by Gasteiger charge is -2.20. The zero-order valence-corrected chi connectivity index (χ0v) is 9.84. The van der Waals surface area contributed by atoms with Crippen LogP contribution in [0.2, 0.25) is 0 Å². The fraction of sp³-hybridized carbons (Fsp3) is 0.200. The third-order valence-electron chi connectivity index (χ3n) is 2.86. The van der Waals surface area contributed by atoms with E-state index in [1.165, 1.54) is 0 Å². The zero-order valence-electron chi connectivity index (χ0n) is 9.84. The van der Waals surface area contributed by atoms with Gasteiger partial charge in [0.1, 0.15) is 5.54 Å². The minimum absolute atomic E-state index is 0.317. The van der Waals surface area contributed by atoms with Crippen molar-refractivity contribution in [3.05, 3.63) is 61.2 Å². The van der Waals surface area contributed by atoms with Crippen LogP contribution in [0, 0.1) is 0 Å². The van der Waals surface area contributed by atoms with E-state index in [0.29, 0.717) is 0 Å². The molecule has 0 unspecified atom stereocenters. The van der Waals surface area contributed by atoms with Crippen LogP contribution in [0.25, 0.3) is 6.08 Å². The molecule has 2 nitrogen and oxygen atoms in total. The third-order valence-corrected chi connectivity index (χ3v) is 2.86. The molecule has 2 rings (SSSR count). The second-order valence-corrected chi connectivity index (χ2v) is 4.18. The Morgan fingerprint density at radius 3 is 2.53 bits per heavy atom. The Morgan fingerprint density at radius 1 is 1.12 bits per heavy atom. The molecule has 0 N–H and O–H groups in total. The number of rotatable bonds is 4. The van der Waals surface area contributed by atoms with Crippen LogP contribution in [-0.2, 0) is 0 Å². The highest BCUT2D eigenvalue weighted by Gasteiger charge is 2.25. The maximum atomic E-state index is 4.47. The van der Waals surface area contributed by atoms with Gasteiger partial charge in [0.2, 0.25) is 0 Å². The van der Waals surface area contributed by atoms with E-state index in [4.69, 9.17) is 0 Å². The minimum atomic E-state index is -0.317. The number of hydrogen-bond donors (Lipinski definition) is 0. The van der Waals surface area contributed by atoms with Gasteiger partial charge in [0.25, 0.3) is 0 Å². The minimum Gasteiger partial charge on any atom is -0.177 e. The van der Waals surface area contributed by atoms with Crippen molar-refractivity contribution in [1.82, 2.24) is 0 Å². The lowest BCUT2D eigenvalue weighted by atomic mass is 9.91. The number of nitrogens with zero attached hydrogens (tertiary/aromatic N) is 2. The molecule has 0 fully saturated rings. The molecule has 0 spiro atoms. The summed E-state index contributed by atoms with van der Waals surface area (Å²) in [5.41, 5.74) is 1.70. The average Bonchev–Trinajstić information content (AvgIpc) is 2.52. The first-order valence-corrected chi connectivity index (χ1v) is 5.73. The van der Waals surface area contributed by atoms with Gasteiger partial charge < -0.3 is 0 Å². The van der Waals surface area contributed by atoms with Crippen molar-refractivity contribution in [2.75, 3.05) is 0 Å². The predicted octanol–water partition coefficient (Wildman–Crippen LogP) is 4.69. The number of fused-ring (bicyclic) bond motifs is 1. The van der Waals surface area contributed by atoms with E-state index in [-0.39, 0.29) is 5.54 Å². The Morgan fingerprint density at radius 2 is 1.82 bits per heavy atom. The predicted molar refractivity (Wildman–Crippen MR) is 72.4 cm³/mol. The molecule has 0 aromatic heterocycles. The van der Waals surface area contributed by atoms with E-state index in [1.807, 2.05) is 36.4 Å². The molecule has 86 valence electrons. The smallest absolute Gasteiger partial charge is 0.107 e. The summed E-state index contributed by atoms with van der Waals surface area (Å²) in [5, 5.41) is 8.82. The normalized spacial score (nSPS) is 16.0. The third kappa shape index (κ3) is 2.41. The maximum Gasteiger partial charge on any atom is 0.107 e. The second-order valence-electron chi connectivity index (χ2n) is 4.18. The van der Waals surface area contributed by atoms with Gasteiger partial charge in [-0.05, 0) is 18.9 Å². The van der Waals surface area contributed by atoms with Crippen molar-refractivity contribution in [3.8, 4) is 0 Å². The molecule has 0 saturated heterocycles. The molecule has 0 radical (unpaired) electrons. The van der Waals surface area contributed by atoms with Crippen molar-refractivity contribution in [2.24, 2.45) is 10.2 Å². The van der Waals surface area contributed by atoms with Crippen LogP contribution in [-0.4, -0.2) is 5.54 Å². The van der Waals surface area contributed by atoms with Crippen LogP contribution < -0.4 is 0 Å². The Hall–Kier alpha value is -1.96. The Balaban J connectivity index is 2.42. The molecular formula is C15H16N2. The number of hydrogen-bond acceptors (Lipinski definition) is 2. The van der Waals surface area contributed by atoms with Crippen molar-refractivity contribution < 1.29 is 0 Å². The molecule has 0 saturated carbocycles. The molecule has 17 heavy (non-hydrogen) atoms. The van der Waals surface area contributed by atoms with Crippen LogP contribution in [0.4, 0.5) is 5.69 Å². The van der Waals surface area contributed by atoms with Crippen molar-refractivity contribution >= 4 is 11.8 Å². The Kier molecular flexibility index (Phi) is 3.33. The van der Waals surface area contributed by atoms with E-state index in [1.54, 1.807) is 0 Å². The molecule has 1 aromatic carbocycles. The molecule has 1 heterocycles. The maximum absolute atomic E-state index is 4.47. The summed E-state index contributed by atoms with van der Waals surface area (Å²) in [4.78, 5) is 0. The molecule has 1 aliphatic rings. The second kappa shape index (κ2) is 4.91. The molecule has 0 atom stereocenters. The van der Waals surface area contributed by atoms with Gasteiger partial charge in [0.15, 0.2) is 0 Å². The molecule has 0 amide bonds. The quantitative estimate of drug-likeness (QED) is 0.663. The Labute approximate surface area is 102 Å². The van der Waals surface area contributed by atoms with Crippen molar-refractivity contribution in [2.45, 2.75) is 18.4 Å². The van der Waals surface area contributed by atoms with Gasteiger partial charge >= 0.3 is 0 Å². The highest BCUT2D eigenvalue weighted by atomic mass is 15.2. The van der Waals surface area contributed by atoms with Gasteiger partial charge in [-0.15, -0.1) is 13.2 Å². The van der Waals surface area contributed by atoms with Crippen LogP contribution in [0.5, 0.6) is 0 Å². The molecular weight excluding hydrogens is 208 g/mol. The lowest BCUT2D eigenvalue weighted by molar-refractivity contribution is 0.524. The number of azo groups is 1. The summed E-state index contributed by atoms with van der Waals surface area (Å²) in [6.45, 7) is 7.58. The monoisotopic (exact) mass is 224 g/mol. The average molecular weight is 224 g/mol. The number of benzene rings is 1. The van der Waals surface area contributed by atoms with Gasteiger partial charge in [-0.1, -0.05) is 42.5 Å².